The number of benzene rings is 1. The normalized spacial score (nSPS) is 25.9. The van der Waals surface area contributed by atoms with Gasteiger partial charge in [-0.25, -0.2) is 0 Å². The molecule has 3 nitrogen and oxygen atoms in total. The van der Waals surface area contributed by atoms with Gasteiger partial charge in [-0.1, -0.05) is 31.4 Å². The van der Waals surface area contributed by atoms with Crippen LogP contribution in [0.3, 0.4) is 0 Å². The van der Waals surface area contributed by atoms with E-state index in [9.17, 15) is 0 Å². The fourth-order valence-electron chi connectivity index (χ4n) is 3.63. The molecule has 1 unspecified atom stereocenters. The van der Waals surface area contributed by atoms with Crippen molar-refractivity contribution in [1.82, 2.24) is 0 Å². The van der Waals surface area contributed by atoms with Crippen molar-refractivity contribution in [2.24, 2.45) is 5.73 Å². The molecule has 1 saturated heterocycles. The third-order valence-electron chi connectivity index (χ3n) is 4.95. The van der Waals surface area contributed by atoms with E-state index >= 15 is 0 Å². The average Bonchev–Trinajstić information content (AvgIpc) is 2.89. The van der Waals surface area contributed by atoms with Crippen LogP contribution in [0.4, 0.5) is 0 Å². The van der Waals surface area contributed by atoms with Crippen LogP contribution in [0.2, 0.25) is 0 Å². The minimum Gasteiger partial charge on any atom is -0.491 e. The van der Waals surface area contributed by atoms with Crippen molar-refractivity contribution < 1.29 is 9.47 Å². The Kier molecular flexibility index (Phi) is 4.51. The summed E-state index contributed by atoms with van der Waals surface area (Å²) in [6.07, 6.45) is 9.12. The van der Waals surface area contributed by atoms with Crippen molar-refractivity contribution in [3.05, 3.63) is 29.8 Å². The average molecular weight is 289 g/mol. The van der Waals surface area contributed by atoms with Gasteiger partial charge in [0.25, 0.3) is 0 Å². The third kappa shape index (κ3) is 3.58. The van der Waals surface area contributed by atoms with E-state index < -0.39 is 0 Å². The summed E-state index contributed by atoms with van der Waals surface area (Å²) in [5.74, 6) is 0.910. The molecule has 1 spiro atoms. The molecule has 1 saturated carbocycles. The van der Waals surface area contributed by atoms with E-state index in [-0.39, 0.29) is 17.7 Å². The zero-order valence-electron chi connectivity index (χ0n) is 13.0. The maximum Gasteiger partial charge on any atom is 0.119 e. The van der Waals surface area contributed by atoms with Gasteiger partial charge in [0.2, 0.25) is 0 Å². The van der Waals surface area contributed by atoms with Crippen molar-refractivity contribution >= 4 is 0 Å². The molecule has 1 aromatic rings. The molecule has 3 heteroatoms. The van der Waals surface area contributed by atoms with Crippen molar-refractivity contribution in [3.63, 3.8) is 0 Å². The monoisotopic (exact) mass is 289 g/mol. The molecule has 21 heavy (non-hydrogen) atoms. The first-order chi connectivity index (χ1) is 10.2. The second-order valence-corrected chi connectivity index (χ2v) is 6.69. The van der Waals surface area contributed by atoms with Crippen LogP contribution in [0, 0.1) is 0 Å². The lowest BCUT2D eigenvalue weighted by Gasteiger charge is -2.33. The van der Waals surface area contributed by atoms with Crippen molar-refractivity contribution in [2.45, 2.75) is 69.6 Å². The first-order valence-corrected chi connectivity index (χ1v) is 8.33. The van der Waals surface area contributed by atoms with Gasteiger partial charge < -0.3 is 15.2 Å². The molecule has 116 valence electrons. The van der Waals surface area contributed by atoms with Gasteiger partial charge in [-0.05, 0) is 50.3 Å². The van der Waals surface area contributed by atoms with E-state index in [2.05, 4.69) is 0 Å². The Bertz CT molecular complexity index is 449. The Morgan fingerprint density at radius 1 is 1.19 bits per heavy atom. The quantitative estimate of drug-likeness (QED) is 0.912. The highest BCUT2D eigenvalue weighted by Gasteiger charge is 2.40. The first-order valence-electron chi connectivity index (χ1n) is 8.33. The molecule has 0 radical (unpaired) electrons. The highest BCUT2D eigenvalue weighted by atomic mass is 16.6. The molecule has 1 aliphatic carbocycles. The molecule has 2 aliphatic rings. The Morgan fingerprint density at radius 2 is 1.90 bits per heavy atom. The summed E-state index contributed by atoms with van der Waals surface area (Å²) in [6.45, 7) is 2.66. The maximum atomic E-state index is 6.33. The molecule has 2 N–H and O–H groups in total. The molecule has 2 fully saturated rings. The van der Waals surface area contributed by atoms with Gasteiger partial charge in [0.1, 0.15) is 12.4 Å². The van der Waals surface area contributed by atoms with Crippen molar-refractivity contribution in [1.29, 1.82) is 0 Å². The van der Waals surface area contributed by atoms with E-state index in [4.69, 9.17) is 15.2 Å². The van der Waals surface area contributed by atoms with Crippen molar-refractivity contribution in [2.75, 3.05) is 6.61 Å². The summed E-state index contributed by atoms with van der Waals surface area (Å²) >= 11 is 0. The second kappa shape index (κ2) is 6.37. The fourth-order valence-corrected chi connectivity index (χ4v) is 3.63. The van der Waals surface area contributed by atoms with Gasteiger partial charge in [0.05, 0.1) is 11.7 Å². The van der Waals surface area contributed by atoms with Crippen LogP contribution in [-0.4, -0.2) is 18.3 Å². The predicted octanol–water partition coefficient (Wildman–Crippen LogP) is 3.97. The molecular weight excluding hydrogens is 262 g/mol. The van der Waals surface area contributed by atoms with Crippen LogP contribution < -0.4 is 10.5 Å². The zero-order chi connectivity index (χ0) is 14.7. The molecular formula is C18H27NO2. The molecule has 3 rings (SSSR count). The number of nitrogens with two attached hydrogens (primary N) is 1. The fraction of sp³-hybridized carbons (Fsp3) is 0.667. The van der Waals surface area contributed by atoms with Crippen molar-refractivity contribution in [3.8, 4) is 5.75 Å². The topological polar surface area (TPSA) is 44.5 Å². The van der Waals surface area contributed by atoms with E-state index in [0.29, 0.717) is 6.61 Å². The smallest absolute Gasteiger partial charge is 0.119 e. The van der Waals surface area contributed by atoms with E-state index in [1.165, 1.54) is 38.5 Å². The number of hydrogen-bond donors (Lipinski definition) is 1. The lowest BCUT2D eigenvalue weighted by atomic mass is 9.83. The standard InChI is InChI=1S/C18H27NO2/c1-14(19)15-5-7-16(8-6-15)20-13-17-9-12-18(21-17)10-3-2-4-11-18/h5-8,14,17H,2-4,9-13,19H2,1H3/t14-,17?/m0/s1. The summed E-state index contributed by atoms with van der Waals surface area (Å²) in [5, 5.41) is 0. The molecule has 2 atom stereocenters. The van der Waals surface area contributed by atoms with Gasteiger partial charge in [-0.3, -0.25) is 0 Å². The third-order valence-corrected chi connectivity index (χ3v) is 4.95. The largest absolute Gasteiger partial charge is 0.491 e. The minimum absolute atomic E-state index is 0.0726. The Labute approximate surface area is 127 Å². The van der Waals surface area contributed by atoms with Gasteiger partial charge in [-0.2, -0.15) is 0 Å². The number of hydrogen-bond acceptors (Lipinski definition) is 3. The van der Waals surface area contributed by atoms with Gasteiger partial charge >= 0.3 is 0 Å². The van der Waals surface area contributed by atoms with Crippen LogP contribution >= 0.6 is 0 Å². The Hall–Kier alpha value is -1.06. The molecule has 1 aromatic carbocycles. The lowest BCUT2D eigenvalue weighted by Crippen LogP contribution is -2.32. The van der Waals surface area contributed by atoms with Crippen LogP contribution in [0.5, 0.6) is 5.75 Å². The molecule has 1 aliphatic heterocycles. The van der Waals surface area contributed by atoms with Gasteiger partial charge in [0, 0.05) is 6.04 Å². The summed E-state index contributed by atoms with van der Waals surface area (Å²) in [7, 11) is 0. The maximum absolute atomic E-state index is 6.33. The predicted molar refractivity (Wildman–Crippen MR) is 84.5 cm³/mol. The van der Waals surface area contributed by atoms with Gasteiger partial charge in [0.15, 0.2) is 0 Å². The van der Waals surface area contributed by atoms with E-state index in [0.717, 1.165) is 17.7 Å². The Balaban J connectivity index is 1.49. The molecule has 0 aromatic heterocycles. The van der Waals surface area contributed by atoms with Gasteiger partial charge in [-0.15, -0.1) is 0 Å². The van der Waals surface area contributed by atoms with Crippen LogP contribution in [-0.2, 0) is 4.74 Å². The highest BCUT2D eigenvalue weighted by Crippen LogP contribution is 2.41. The first kappa shape index (κ1) is 14.9. The molecule has 0 bridgehead atoms. The number of ether oxygens (including phenoxy) is 2. The Morgan fingerprint density at radius 3 is 2.57 bits per heavy atom. The minimum atomic E-state index is 0.0726. The lowest BCUT2D eigenvalue weighted by molar-refractivity contribution is -0.0748. The van der Waals surface area contributed by atoms with E-state index in [1.54, 1.807) is 0 Å². The molecule has 0 amide bonds. The summed E-state index contributed by atoms with van der Waals surface area (Å²) in [4.78, 5) is 0. The van der Waals surface area contributed by atoms with Crippen LogP contribution in [0.1, 0.15) is 63.5 Å². The van der Waals surface area contributed by atoms with E-state index in [1.807, 2.05) is 31.2 Å². The summed E-state index contributed by atoms with van der Waals surface area (Å²) in [5.41, 5.74) is 7.18. The highest BCUT2D eigenvalue weighted by molar-refractivity contribution is 5.28. The SMILES string of the molecule is C[C@H](N)c1ccc(OCC2CCC3(CCCCC3)O2)cc1. The van der Waals surface area contributed by atoms with Crippen LogP contribution in [0.25, 0.3) is 0 Å². The second-order valence-electron chi connectivity index (χ2n) is 6.69. The number of rotatable bonds is 4. The zero-order valence-corrected chi connectivity index (χ0v) is 13.0. The summed E-state index contributed by atoms with van der Waals surface area (Å²) < 4.78 is 12.2. The summed E-state index contributed by atoms with van der Waals surface area (Å²) in [6, 6.07) is 8.16. The van der Waals surface area contributed by atoms with Crippen LogP contribution in [0.15, 0.2) is 24.3 Å². The molecule has 1 heterocycles.